The molecule has 0 aliphatic carbocycles. The normalized spacial score (nSPS) is 14.8. The quantitative estimate of drug-likeness (QED) is 0.396. The van der Waals surface area contributed by atoms with Crippen LogP contribution in [0.4, 0.5) is 0 Å². The molecule has 27 heavy (non-hydrogen) atoms. The number of aliphatic imine (C=N–C) groups is 1. The highest BCUT2D eigenvalue weighted by atomic mass is 16.5. The molecule has 0 atom stereocenters. The van der Waals surface area contributed by atoms with Gasteiger partial charge in [0.05, 0.1) is 12.6 Å². The molecular weight excluding hydrogens is 340 g/mol. The molecule has 0 aromatic heterocycles. The molecule has 1 fully saturated rings. The predicted molar refractivity (Wildman–Crippen MR) is 110 cm³/mol. The second-order valence-electron chi connectivity index (χ2n) is 7.24. The van der Waals surface area contributed by atoms with Gasteiger partial charge in [-0.05, 0) is 52.2 Å². The topological polar surface area (TPSA) is 66.0 Å². The maximum Gasteiger partial charge on any atom is 0.222 e. The van der Waals surface area contributed by atoms with E-state index >= 15 is 0 Å². The second-order valence-corrected chi connectivity index (χ2v) is 7.24. The first-order valence-electron chi connectivity index (χ1n) is 10.1. The molecule has 6 nitrogen and oxygen atoms in total. The molecule has 0 saturated carbocycles. The van der Waals surface area contributed by atoms with E-state index in [1.54, 1.807) is 0 Å². The second kappa shape index (κ2) is 10.8. The Bertz CT molecular complexity index is 643. The van der Waals surface area contributed by atoms with Gasteiger partial charge in [0.1, 0.15) is 5.75 Å². The van der Waals surface area contributed by atoms with Crippen LogP contribution in [0, 0.1) is 6.92 Å². The van der Waals surface area contributed by atoms with Gasteiger partial charge in [-0.3, -0.25) is 4.79 Å². The number of hydrogen-bond acceptors (Lipinski definition) is 3. The van der Waals surface area contributed by atoms with Crippen LogP contribution < -0.4 is 15.4 Å². The highest BCUT2D eigenvalue weighted by Crippen LogP contribution is 2.22. The molecule has 1 aromatic rings. The summed E-state index contributed by atoms with van der Waals surface area (Å²) < 4.78 is 5.94. The van der Waals surface area contributed by atoms with Crippen LogP contribution in [0.15, 0.2) is 23.2 Å². The number of aryl methyl sites for hydroxylation is 1. The SMILES string of the molecule is CCNC(=NCc1ccc(C)cc1OC(C)C)NCCCN1CCCC1=O. The molecule has 2 N–H and O–H groups in total. The van der Waals surface area contributed by atoms with Crippen molar-refractivity contribution in [1.29, 1.82) is 0 Å². The monoisotopic (exact) mass is 374 g/mol. The van der Waals surface area contributed by atoms with Gasteiger partial charge in [0.2, 0.25) is 5.91 Å². The third-order valence-electron chi connectivity index (χ3n) is 4.41. The van der Waals surface area contributed by atoms with E-state index in [1.165, 1.54) is 5.56 Å². The average Bonchev–Trinajstić information content (AvgIpc) is 3.02. The molecule has 1 saturated heterocycles. The zero-order valence-corrected chi connectivity index (χ0v) is 17.2. The number of nitrogens with zero attached hydrogens (tertiary/aromatic N) is 2. The van der Waals surface area contributed by atoms with Crippen LogP contribution in [0.25, 0.3) is 0 Å². The first-order valence-corrected chi connectivity index (χ1v) is 10.1. The van der Waals surface area contributed by atoms with E-state index in [9.17, 15) is 4.79 Å². The molecule has 150 valence electrons. The van der Waals surface area contributed by atoms with Crippen molar-refractivity contribution in [2.75, 3.05) is 26.2 Å². The van der Waals surface area contributed by atoms with Crippen molar-refractivity contribution in [3.63, 3.8) is 0 Å². The van der Waals surface area contributed by atoms with E-state index in [2.05, 4.69) is 42.7 Å². The summed E-state index contributed by atoms with van der Waals surface area (Å²) in [6, 6.07) is 6.24. The fraction of sp³-hybridized carbons (Fsp3) is 0.619. The fourth-order valence-corrected chi connectivity index (χ4v) is 3.08. The van der Waals surface area contributed by atoms with E-state index in [1.807, 2.05) is 18.7 Å². The molecule has 1 heterocycles. The molecule has 0 spiro atoms. The Balaban J connectivity index is 1.89. The van der Waals surface area contributed by atoms with E-state index in [-0.39, 0.29) is 12.0 Å². The number of rotatable bonds is 9. The van der Waals surface area contributed by atoms with E-state index in [0.717, 1.165) is 56.3 Å². The van der Waals surface area contributed by atoms with Gasteiger partial charge in [0.25, 0.3) is 0 Å². The van der Waals surface area contributed by atoms with Crippen LogP contribution in [0.5, 0.6) is 5.75 Å². The van der Waals surface area contributed by atoms with Crippen LogP contribution in [0.1, 0.15) is 51.2 Å². The first-order chi connectivity index (χ1) is 13.0. The number of ether oxygens (including phenoxy) is 1. The lowest BCUT2D eigenvalue weighted by Gasteiger charge is -2.17. The number of amides is 1. The Morgan fingerprint density at radius 2 is 2.15 bits per heavy atom. The maximum absolute atomic E-state index is 11.7. The number of hydrogen-bond donors (Lipinski definition) is 2. The van der Waals surface area contributed by atoms with Gasteiger partial charge in [0, 0.05) is 38.2 Å². The molecule has 0 bridgehead atoms. The summed E-state index contributed by atoms with van der Waals surface area (Å²) in [5.74, 6) is 1.98. The van der Waals surface area contributed by atoms with E-state index < -0.39 is 0 Å². The maximum atomic E-state index is 11.7. The lowest BCUT2D eigenvalue weighted by atomic mass is 10.1. The van der Waals surface area contributed by atoms with Crippen molar-refractivity contribution in [3.8, 4) is 5.75 Å². The molecule has 0 unspecified atom stereocenters. The third-order valence-corrected chi connectivity index (χ3v) is 4.41. The van der Waals surface area contributed by atoms with Crippen molar-refractivity contribution >= 4 is 11.9 Å². The van der Waals surface area contributed by atoms with Gasteiger partial charge in [-0.15, -0.1) is 0 Å². The summed E-state index contributed by atoms with van der Waals surface area (Å²) in [6.07, 6.45) is 2.75. The summed E-state index contributed by atoms with van der Waals surface area (Å²) in [6.45, 7) is 12.1. The van der Waals surface area contributed by atoms with Crippen LogP contribution in [0.2, 0.25) is 0 Å². The fourth-order valence-electron chi connectivity index (χ4n) is 3.08. The van der Waals surface area contributed by atoms with Gasteiger partial charge in [0.15, 0.2) is 5.96 Å². The number of nitrogens with one attached hydrogen (secondary N) is 2. The first kappa shape index (κ1) is 21.1. The van der Waals surface area contributed by atoms with Gasteiger partial charge in [-0.25, -0.2) is 4.99 Å². The average molecular weight is 375 g/mol. The number of carbonyl (C=O) groups is 1. The van der Waals surface area contributed by atoms with Gasteiger partial charge in [-0.1, -0.05) is 12.1 Å². The lowest BCUT2D eigenvalue weighted by Crippen LogP contribution is -2.39. The number of carbonyl (C=O) groups excluding carboxylic acids is 1. The van der Waals surface area contributed by atoms with E-state index in [4.69, 9.17) is 9.73 Å². The number of benzene rings is 1. The minimum absolute atomic E-state index is 0.134. The highest BCUT2D eigenvalue weighted by molar-refractivity contribution is 5.80. The molecule has 1 amide bonds. The van der Waals surface area contributed by atoms with Gasteiger partial charge >= 0.3 is 0 Å². The number of guanidine groups is 1. The predicted octanol–water partition coefficient (Wildman–Crippen LogP) is 2.85. The lowest BCUT2D eigenvalue weighted by molar-refractivity contribution is -0.127. The minimum atomic E-state index is 0.134. The largest absolute Gasteiger partial charge is 0.491 e. The zero-order valence-electron chi connectivity index (χ0n) is 17.2. The summed E-state index contributed by atoms with van der Waals surface area (Å²) in [4.78, 5) is 18.3. The Morgan fingerprint density at radius 1 is 1.33 bits per heavy atom. The van der Waals surface area contributed by atoms with Crippen molar-refractivity contribution < 1.29 is 9.53 Å². The molecule has 1 aliphatic heterocycles. The van der Waals surface area contributed by atoms with Gasteiger partial charge < -0.3 is 20.3 Å². The van der Waals surface area contributed by atoms with Crippen LogP contribution in [-0.2, 0) is 11.3 Å². The van der Waals surface area contributed by atoms with Crippen molar-refractivity contribution in [2.45, 2.75) is 59.6 Å². The van der Waals surface area contributed by atoms with Crippen molar-refractivity contribution in [3.05, 3.63) is 29.3 Å². The van der Waals surface area contributed by atoms with Crippen LogP contribution >= 0.6 is 0 Å². The smallest absolute Gasteiger partial charge is 0.222 e. The third kappa shape index (κ3) is 7.12. The molecule has 0 radical (unpaired) electrons. The summed E-state index contributed by atoms with van der Waals surface area (Å²) in [7, 11) is 0. The highest BCUT2D eigenvalue weighted by Gasteiger charge is 2.18. The van der Waals surface area contributed by atoms with Crippen LogP contribution in [-0.4, -0.2) is 49.0 Å². The molecule has 2 rings (SSSR count). The number of likely N-dealkylation sites (tertiary alicyclic amines) is 1. The standard InChI is InChI=1S/C21H34N4O2/c1-5-22-21(23-11-7-13-25-12-6-8-20(25)26)24-15-18-10-9-17(4)14-19(18)27-16(2)3/h9-10,14,16H,5-8,11-13,15H2,1-4H3,(H2,22,23,24). The molecule has 6 heteroatoms. The Labute approximate surface area is 163 Å². The Hall–Kier alpha value is -2.24. The summed E-state index contributed by atoms with van der Waals surface area (Å²) in [5.41, 5.74) is 2.26. The molecular formula is C21H34N4O2. The summed E-state index contributed by atoms with van der Waals surface area (Å²) in [5, 5.41) is 6.64. The van der Waals surface area contributed by atoms with Gasteiger partial charge in [-0.2, -0.15) is 0 Å². The minimum Gasteiger partial charge on any atom is -0.491 e. The Morgan fingerprint density at radius 3 is 2.81 bits per heavy atom. The Kier molecular flexibility index (Phi) is 8.43. The molecule has 1 aromatic carbocycles. The van der Waals surface area contributed by atoms with Crippen LogP contribution in [0.3, 0.4) is 0 Å². The van der Waals surface area contributed by atoms with E-state index in [0.29, 0.717) is 13.0 Å². The zero-order chi connectivity index (χ0) is 19.6. The van der Waals surface area contributed by atoms with Crippen molar-refractivity contribution in [1.82, 2.24) is 15.5 Å². The molecule has 1 aliphatic rings. The summed E-state index contributed by atoms with van der Waals surface area (Å²) >= 11 is 0. The van der Waals surface area contributed by atoms with Crippen molar-refractivity contribution in [2.24, 2.45) is 4.99 Å².